The van der Waals surface area contributed by atoms with Crippen LogP contribution in [0.1, 0.15) is 23.2 Å². The molecule has 0 unspecified atom stereocenters. The van der Waals surface area contributed by atoms with Crippen molar-refractivity contribution in [2.24, 2.45) is 0 Å². The average Bonchev–Trinajstić information content (AvgIpc) is 3.39. The molecule has 29 heavy (non-hydrogen) atoms. The number of amides is 1. The summed E-state index contributed by atoms with van der Waals surface area (Å²) < 4.78 is 2.62. The zero-order valence-corrected chi connectivity index (χ0v) is 19.0. The van der Waals surface area contributed by atoms with Gasteiger partial charge in [0.1, 0.15) is 5.82 Å². The van der Waals surface area contributed by atoms with Gasteiger partial charge in [-0.3, -0.25) is 4.79 Å². The first-order valence-electron chi connectivity index (χ1n) is 9.32. The Balaban J connectivity index is 1.52. The van der Waals surface area contributed by atoms with E-state index in [0.717, 1.165) is 39.6 Å². The van der Waals surface area contributed by atoms with E-state index in [-0.39, 0.29) is 5.91 Å². The summed E-state index contributed by atoms with van der Waals surface area (Å²) in [5.74, 6) is 0.734. The Morgan fingerprint density at radius 3 is 2.86 bits per heavy atom. The van der Waals surface area contributed by atoms with Gasteiger partial charge in [-0.15, -0.1) is 0 Å². The molecule has 3 heterocycles. The first-order valence-corrected chi connectivity index (χ1v) is 11.7. The largest absolute Gasteiger partial charge is 0.356 e. The van der Waals surface area contributed by atoms with Crippen LogP contribution in [-0.2, 0) is 6.54 Å². The lowest BCUT2D eigenvalue weighted by molar-refractivity contribution is 0.0952. The van der Waals surface area contributed by atoms with Crippen molar-refractivity contribution >= 4 is 62.1 Å². The molecule has 1 amide bonds. The van der Waals surface area contributed by atoms with E-state index >= 15 is 0 Å². The van der Waals surface area contributed by atoms with Gasteiger partial charge in [0.25, 0.3) is 5.91 Å². The molecule has 10 heteroatoms. The molecule has 1 N–H and O–H groups in total. The Kier molecular flexibility index (Phi) is 6.26. The summed E-state index contributed by atoms with van der Waals surface area (Å²) in [4.78, 5) is 24.1. The van der Waals surface area contributed by atoms with Crippen LogP contribution in [0.4, 0.5) is 5.82 Å². The van der Waals surface area contributed by atoms with E-state index in [1.165, 1.54) is 24.6 Å². The smallest absolute Gasteiger partial charge is 0.252 e. The molecule has 1 aromatic carbocycles. The van der Waals surface area contributed by atoms with E-state index in [9.17, 15) is 4.79 Å². The average molecular weight is 496 g/mol. The zero-order valence-electron chi connectivity index (χ0n) is 15.9. The van der Waals surface area contributed by atoms with Crippen molar-refractivity contribution in [3.05, 3.63) is 39.5 Å². The van der Waals surface area contributed by atoms with Crippen molar-refractivity contribution in [3.8, 4) is 0 Å². The zero-order chi connectivity index (χ0) is 20.4. The topological polar surface area (TPSA) is 75.9 Å². The van der Waals surface area contributed by atoms with Gasteiger partial charge in [0.2, 0.25) is 0 Å². The molecule has 0 radical (unpaired) electrons. The molecule has 1 aliphatic heterocycles. The van der Waals surface area contributed by atoms with Crippen molar-refractivity contribution in [1.82, 2.24) is 25.1 Å². The molecular weight excluding hydrogens is 476 g/mol. The van der Waals surface area contributed by atoms with Crippen LogP contribution in [0, 0.1) is 0 Å². The van der Waals surface area contributed by atoms with Gasteiger partial charge in [-0.1, -0.05) is 39.3 Å². The molecule has 0 bridgehead atoms. The molecule has 7 nitrogen and oxygen atoms in total. The van der Waals surface area contributed by atoms with Crippen molar-refractivity contribution in [1.29, 1.82) is 0 Å². The lowest BCUT2D eigenvalue weighted by Gasteiger charge is -2.17. The maximum atomic E-state index is 12.5. The lowest BCUT2D eigenvalue weighted by Crippen LogP contribution is -2.28. The predicted octanol–water partition coefficient (Wildman–Crippen LogP) is 3.99. The number of hydrogen-bond acceptors (Lipinski definition) is 6. The molecule has 2 aromatic heterocycles. The van der Waals surface area contributed by atoms with Gasteiger partial charge in [-0.05, 0) is 37.3 Å². The van der Waals surface area contributed by atoms with Crippen molar-refractivity contribution in [3.63, 3.8) is 0 Å². The summed E-state index contributed by atoms with van der Waals surface area (Å²) in [7, 11) is 0. The molecular formula is C19H20BrClN6OS. The highest BCUT2D eigenvalue weighted by Gasteiger charge is 2.20. The summed E-state index contributed by atoms with van der Waals surface area (Å²) in [5, 5.41) is 9.50. The van der Waals surface area contributed by atoms with Gasteiger partial charge in [-0.25, -0.2) is 14.6 Å². The van der Waals surface area contributed by atoms with Crippen LogP contribution in [0.5, 0.6) is 0 Å². The number of halogens is 2. The van der Waals surface area contributed by atoms with Gasteiger partial charge in [0, 0.05) is 24.1 Å². The minimum absolute atomic E-state index is 0.218. The standard InChI is InChI=1S/C19H20BrClN6OS/c1-29-19-24-16(26-7-2-3-8-26)14-11-23-27(17(14)25-19)9-6-22-18(28)13-10-12(20)4-5-15(13)21/h4-5,10-11H,2-3,6-9H2,1H3,(H,22,28). The second kappa shape index (κ2) is 8.89. The molecule has 0 atom stereocenters. The predicted molar refractivity (Wildman–Crippen MR) is 120 cm³/mol. The molecule has 0 saturated carbocycles. The highest BCUT2D eigenvalue weighted by atomic mass is 79.9. The van der Waals surface area contributed by atoms with Crippen molar-refractivity contribution in [2.45, 2.75) is 24.5 Å². The maximum absolute atomic E-state index is 12.5. The second-order valence-corrected chi connectivity index (χ2v) is 8.81. The third-order valence-corrected chi connectivity index (χ3v) is 6.20. The van der Waals surface area contributed by atoms with Crippen LogP contribution in [0.3, 0.4) is 0 Å². The number of rotatable bonds is 6. The molecule has 152 valence electrons. The highest BCUT2D eigenvalue weighted by Crippen LogP contribution is 2.28. The van der Waals surface area contributed by atoms with E-state index in [1.54, 1.807) is 18.2 Å². The number of carbonyl (C=O) groups excluding carboxylic acids is 1. The van der Waals surface area contributed by atoms with Gasteiger partial charge in [0.05, 0.1) is 28.7 Å². The van der Waals surface area contributed by atoms with Gasteiger partial charge in [0.15, 0.2) is 10.8 Å². The van der Waals surface area contributed by atoms with Crippen LogP contribution < -0.4 is 10.2 Å². The number of nitrogens with one attached hydrogen (secondary N) is 1. The number of anilines is 1. The SMILES string of the molecule is CSc1nc(N2CCCC2)c2cnn(CCNC(=O)c3cc(Br)ccc3Cl)c2n1. The number of aromatic nitrogens is 4. The minimum Gasteiger partial charge on any atom is -0.356 e. The molecule has 1 fully saturated rings. The Bertz CT molecular complexity index is 1050. The maximum Gasteiger partial charge on any atom is 0.252 e. The molecule has 1 saturated heterocycles. The van der Waals surface area contributed by atoms with E-state index < -0.39 is 0 Å². The van der Waals surface area contributed by atoms with E-state index in [0.29, 0.717) is 23.7 Å². The van der Waals surface area contributed by atoms with Crippen molar-refractivity contribution in [2.75, 3.05) is 30.8 Å². The number of fused-ring (bicyclic) bond motifs is 1. The highest BCUT2D eigenvalue weighted by molar-refractivity contribution is 9.10. The molecule has 1 aliphatic rings. The van der Waals surface area contributed by atoms with Gasteiger partial charge < -0.3 is 10.2 Å². The van der Waals surface area contributed by atoms with Crippen LogP contribution >= 0.6 is 39.3 Å². The fourth-order valence-electron chi connectivity index (χ4n) is 3.39. The number of carbonyl (C=O) groups is 1. The fraction of sp³-hybridized carbons (Fsp3) is 0.368. The van der Waals surface area contributed by atoms with Crippen molar-refractivity contribution < 1.29 is 4.79 Å². The third kappa shape index (κ3) is 4.36. The number of hydrogen-bond donors (Lipinski definition) is 1. The van der Waals surface area contributed by atoms with E-state index in [1.807, 2.05) is 17.1 Å². The monoisotopic (exact) mass is 494 g/mol. The molecule has 3 aromatic rings. The Labute approximate surface area is 186 Å². The third-order valence-electron chi connectivity index (χ3n) is 4.83. The fourth-order valence-corrected chi connectivity index (χ4v) is 4.31. The van der Waals surface area contributed by atoms with Crippen LogP contribution in [0.25, 0.3) is 11.0 Å². The lowest BCUT2D eigenvalue weighted by atomic mass is 10.2. The first kappa shape index (κ1) is 20.4. The van der Waals surface area contributed by atoms with E-state index in [4.69, 9.17) is 16.6 Å². The second-order valence-electron chi connectivity index (χ2n) is 6.71. The van der Waals surface area contributed by atoms with Crippen LogP contribution in [-0.4, -0.2) is 51.5 Å². The van der Waals surface area contributed by atoms with Gasteiger partial charge >= 0.3 is 0 Å². The Morgan fingerprint density at radius 1 is 1.31 bits per heavy atom. The molecule has 0 aliphatic carbocycles. The Hall–Kier alpha value is -1.84. The van der Waals surface area contributed by atoms with E-state index in [2.05, 4.69) is 36.2 Å². The van der Waals surface area contributed by atoms with Crippen LogP contribution in [0.2, 0.25) is 5.02 Å². The summed E-state index contributed by atoms with van der Waals surface area (Å²) in [5.41, 5.74) is 1.23. The summed E-state index contributed by atoms with van der Waals surface area (Å²) in [6.07, 6.45) is 6.15. The quantitative estimate of drug-likeness (QED) is 0.412. The normalized spacial score (nSPS) is 14.0. The summed E-state index contributed by atoms with van der Waals surface area (Å²) in [6, 6.07) is 5.21. The molecule has 4 rings (SSSR count). The number of benzene rings is 1. The number of thioether (sulfide) groups is 1. The minimum atomic E-state index is -0.218. The Morgan fingerprint density at radius 2 is 2.10 bits per heavy atom. The summed E-state index contributed by atoms with van der Waals surface area (Å²) >= 11 is 11.0. The first-order chi connectivity index (χ1) is 14.1. The van der Waals surface area contributed by atoms with Crippen LogP contribution in [0.15, 0.2) is 34.0 Å². The summed E-state index contributed by atoms with van der Waals surface area (Å²) in [6.45, 7) is 2.93. The van der Waals surface area contributed by atoms with Gasteiger partial charge in [-0.2, -0.15) is 5.10 Å². The molecule has 0 spiro atoms. The number of nitrogens with zero attached hydrogens (tertiary/aromatic N) is 5.